The van der Waals surface area contributed by atoms with E-state index in [1.54, 1.807) is 0 Å². The first kappa shape index (κ1) is 60.3. The second-order valence-electron chi connectivity index (χ2n) is 17.0. The van der Waals surface area contributed by atoms with Crippen LogP contribution in [-0.4, -0.2) is 37.2 Å². The van der Waals surface area contributed by atoms with Crippen molar-refractivity contribution >= 4 is 17.9 Å². The number of allylic oxidation sites excluding steroid dienone is 16. The fourth-order valence-electron chi connectivity index (χ4n) is 6.84. The highest BCUT2D eigenvalue weighted by atomic mass is 16.6. The molecule has 0 aliphatic heterocycles. The van der Waals surface area contributed by atoms with Crippen LogP contribution in [0.4, 0.5) is 0 Å². The molecular formula is C58H96O6. The van der Waals surface area contributed by atoms with E-state index >= 15 is 0 Å². The van der Waals surface area contributed by atoms with Crippen LogP contribution in [0.5, 0.6) is 0 Å². The standard InChI is InChI=1S/C58H96O6/c1-4-7-10-13-16-19-22-25-27-28-29-30-32-33-36-39-42-45-48-51-57(60)63-54-55(53-62-56(59)50-47-44-41-38-35-24-21-18-15-12-9-6-3)64-58(61)52-49-46-43-40-37-34-31-26-23-20-17-14-11-8-5-2/h8,11,16-21,25-27,29-31,37,40,55H,4-7,9-10,12-15,22-24,28,32-36,38-39,41-54H2,1-3H3/b11-8-,19-16-,20-17-,21-18-,27-25-,30-29-,31-26-,40-37-. The Labute approximate surface area is 394 Å². The number of hydrogen-bond acceptors (Lipinski definition) is 6. The maximum Gasteiger partial charge on any atom is 0.306 e. The first-order valence-corrected chi connectivity index (χ1v) is 26.2. The number of esters is 3. The molecule has 64 heavy (non-hydrogen) atoms. The minimum absolute atomic E-state index is 0.104. The molecule has 6 heteroatoms. The average molecular weight is 889 g/mol. The van der Waals surface area contributed by atoms with Crippen molar-refractivity contribution in [2.24, 2.45) is 0 Å². The van der Waals surface area contributed by atoms with Gasteiger partial charge in [0.25, 0.3) is 0 Å². The van der Waals surface area contributed by atoms with Crippen molar-refractivity contribution in [3.8, 4) is 0 Å². The zero-order chi connectivity index (χ0) is 46.5. The van der Waals surface area contributed by atoms with E-state index in [0.29, 0.717) is 19.3 Å². The van der Waals surface area contributed by atoms with Gasteiger partial charge in [-0.2, -0.15) is 0 Å². The van der Waals surface area contributed by atoms with Gasteiger partial charge in [0.05, 0.1) is 0 Å². The molecule has 0 radical (unpaired) electrons. The molecule has 0 saturated heterocycles. The summed E-state index contributed by atoms with van der Waals surface area (Å²) in [6.07, 6.45) is 68.2. The molecule has 6 nitrogen and oxygen atoms in total. The molecule has 0 spiro atoms. The maximum absolute atomic E-state index is 12.8. The van der Waals surface area contributed by atoms with Gasteiger partial charge in [0.1, 0.15) is 13.2 Å². The van der Waals surface area contributed by atoms with Crippen molar-refractivity contribution in [1.82, 2.24) is 0 Å². The molecule has 0 aliphatic carbocycles. The summed E-state index contributed by atoms with van der Waals surface area (Å²) in [5.74, 6) is -0.971. The lowest BCUT2D eigenvalue weighted by atomic mass is 10.1. The van der Waals surface area contributed by atoms with E-state index in [1.807, 2.05) is 0 Å². The van der Waals surface area contributed by atoms with Gasteiger partial charge in [-0.15, -0.1) is 0 Å². The lowest BCUT2D eigenvalue weighted by molar-refractivity contribution is -0.167. The quantitative estimate of drug-likeness (QED) is 0.0262. The number of carbonyl (C=O) groups is 3. The van der Waals surface area contributed by atoms with Crippen LogP contribution in [0, 0.1) is 0 Å². The van der Waals surface area contributed by atoms with Crippen molar-refractivity contribution in [2.75, 3.05) is 13.2 Å². The fraction of sp³-hybridized carbons (Fsp3) is 0.672. The zero-order valence-electron chi connectivity index (χ0n) is 41.5. The Hall–Kier alpha value is -3.67. The summed E-state index contributed by atoms with van der Waals surface area (Å²) >= 11 is 0. The van der Waals surface area contributed by atoms with Gasteiger partial charge in [-0.1, -0.05) is 189 Å². The molecule has 0 aromatic heterocycles. The summed E-state index contributed by atoms with van der Waals surface area (Å²) in [6, 6.07) is 0. The van der Waals surface area contributed by atoms with E-state index in [-0.39, 0.29) is 37.5 Å². The molecule has 0 fully saturated rings. The summed E-state index contributed by atoms with van der Waals surface area (Å²) < 4.78 is 16.7. The summed E-state index contributed by atoms with van der Waals surface area (Å²) in [5.41, 5.74) is 0. The number of hydrogen-bond donors (Lipinski definition) is 0. The normalized spacial score (nSPS) is 12.9. The SMILES string of the molecule is CC/C=C\C/C=C\C/C=C\C/C=C\CCCCC(=O)OC(COC(=O)CCCCCCC/C=C\CCCCC)COC(=O)CCCCCCCC/C=C\C/C=C\C/C=C\CCCCC. The van der Waals surface area contributed by atoms with E-state index in [0.717, 1.165) is 116 Å². The number of carbonyl (C=O) groups excluding carboxylic acids is 3. The zero-order valence-corrected chi connectivity index (χ0v) is 41.5. The predicted octanol–water partition coefficient (Wildman–Crippen LogP) is 17.4. The average Bonchev–Trinajstić information content (AvgIpc) is 3.29. The minimum Gasteiger partial charge on any atom is -0.462 e. The smallest absolute Gasteiger partial charge is 0.306 e. The van der Waals surface area contributed by atoms with Gasteiger partial charge in [-0.3, -0.25) is 14.4 Å². The Morgan fingerprint density at radius 3 is 1.00 bits per heavy atom. The van der Waals surface area contributed by atoms with Crippen molar-refractivity contribution < 1.29 is 28.6 Å². The monoisotopic (exact) mass is 889 g/mol. The Morgan fingerprint density at radius 1 is 0.328 bits per heavy atom. The van der Waals surface area contributed by atoms with Crippen LogP contribution >= 0.6 is 0 Å². The third kappa shape index (κ3) is 49.3. The number of ether oxygens (including phenoxy) is 3. The van der Waals surface area contributed by atoms with Crippen LogP contribution in [0.2, 0.25) is 0 Å². The van der Waals surface area contributed by atoms with Crippen LogP contribution < -0.4 is 0 Å². The highest BCUT2D eigenvalue weighted by Crippen LogP contribution is 2.13. The number of rotatable bonds is 46. The topological polar surface area (TPSA) is 78.9 Å². The van der Waals surface area contributed by atoms with Crippen LogP contribution in [0.3, 0.4) is 0 Å². The molecule has 0 amide bonds. The second kappa shape index (κ2) is 52.0. The molecule has 0 aromatic carbocycles. The molecule has 0 bridgehead atoms. The Bertz CT molecular complexity index is 1300. The molecular weight excluding hydrogens is 793 g/mol. The third-order valence-electron chi connectivity index (χ3n) is 10.8. The van der Waals surface area contributed by atoms with Gasteiger partial charge in [0, 0.05) is 19.3 Å². The highest BCUT2D eigenvalue weighted by Gasteiger charge is 2.19. The van der Waals surface area contributed by atoms with Crippen molar-refractivity contribution in [3.63, 3.8) is 0 Å². The summed E-state index contributed by atoms with van der Waals surface area (Å²) in [6.45, 7) is 6.41. The van der Waals surface area contributed by atoms with E-state index in [9.17, 15) is 14.4 Å². The molecule has 0 rings (SSSR count). The predicted molar refractivity (Wildman–Crippen MR) is 274 cm³/mol. The first-order valence-electron chi connectivity index (χ1n) is 26.2. The van der Waals surface area contributed by atoms with Crippen LogP contribution in [0.1, 0.15) is 233 Å². The maximum atomic E-state index is 12.8. The van der Waals surface area contributed by atoms with E-state index in [2.05, 4.69) is 118 Å². The second-order valence-corrected chi connectivity index (χ2v) is 17.0. The van der Waals surface area contributed by atoms with Gasteiger partial charge < -0.3 is 14.2 Å². The van der Waals surface area contributed by atoms with Gasteiger partial charge in [-0.05, 0) is 122 Å². The molecule has 364 valence electrons. The summed E-state index contributed by atoms with van der Waals surface area (Å²) in [5, 5.41) is 0. The molecule has 0 aromatic rings. The largest absolute Gasteiger partial charge is 0.462 e. The van der Waals surface area contributed by atoms with Gasteiger partial charge >= 0.3 is 17.9 Å². The Morgan fingerprint density at radius 2 is 0.609 bits per heavy atom. The van der Waals surface area contributed by atoms with E-state index < -0.39 is 6.10 Å². The van der Waals surface area contributed by atoms with Crippen molar-refractivity contribution in [1.29, 1.82) is 0 Å². The van der Waals surface area contributed by atoms with Gasteiger partial charge in [0.2, 0.25) is 0 Å². The molecule has 1 atom stereocenters. The number of unbranched alkanes of at least 4 members (excludes halogenated alkanes) is 19. The molecule has 0 N–H and O–H groups in total. The minimum atomic E-state index is -0.808. The van der Waals surface area contributed by atoms with Gasteiger partial charge in [-0.25, -0.2) is 0 Å². The Balaban J connectivity index is 4.47. The van der Waals surface area contributed by atoms with Crippen LogP contribution in [0.25, 0.3) is 0 Å². The summed E-state index contributed by atoms with van der Waals surface area (Å²) in [7, 11) is 0. The van der Waals surface area contributed by atoms with E-state index in [4.69, 9.17) is 14.2 Å². The fourth-order valence-corrected chi connectivity index (χ4v) is 6.84. The van der Waals surface area contributed by atoms with Crippen LogP contribution in [0.15, 0.2) is 97.2 Å². The molecule has 1 unspecified atom stereocenters. The van der Waals surface area contributed by atoms with E-state index in [1.165, 1.54) is 70.6 Å². The lowest BCUT2D eigenvalue weighted by Crippen LogP contribution is -2.30. The molecule has 0 saturated carbocycles. The molecule has 0 heterocycles. The lowest BCUT2D eigenvalue weighted by Gasteiger charge is -2.18. The third-order valence-corrected chi connectivity index (χ3v) is 10.8. The molecule has 0 aliphatic rings. The first-order chi connectivity index (χ1) is 31.5. The van der Waals surface area contributed by atoms with Crippen molar-refractivity contribution in [3.05, 3.63) is 97.2 Å². The van der Waals surface area contributed by atoms with Crippen LogP contribution in [-0.2, 0) is 28.6 Å². The van der Waals surface area contributed by atoms with Crippen molar-refractivity contribution in [2.45, 2.75) is 239 Å². The summed E-state index contributed by atoms with van der Waals surface area (Å²) in [4.78, 5) is 38.0. The Kier molecular flexibility index (Phi) is 49.0. The highest BCUT2D eigenvalue weighted by molar-refractivity contribution is 5.71. The van der Waals surface area contributed by atoms with Gasteiger partial charge in [0.15, 0.2) is 6.10 Å².